The Morgan fingerprint density at radius 3 is 2.26 bits per heavy atom. The minimum atomic E-state index is -0.282. The van der Waals surface area contributed by atoms with Crippen LogP contribution < -0.4 is 0 Å². The minimum absolute atomic E-state index is 0.282. The molecule has 1 aromatic heterocycles. The van der Waals surface area contributed by atoms with Crippen molar-refractivity contribution in [3.8, 4) is 22.6 Å². The largest absolute Gasteiger partial charge is 0.225 e. The van der Waals surface area contributed by atoms with E-state index in [1.165, 1.54) is 12.1 Å². The van der Waals surface area contributed by atoms with Gasteiger partial charge in [0.25, 0.3) is 0 Å². The number of hydrogen-bond donors (Lipinski definition) is 0. The predicted molar refractivity (Wildman–Crippen MR) is 70.7 cm³/mol. The lowest BCUT2D eigenvalue weighted by Crippen LogP contribution is -1.94. The molecule has 3 nitrogen and oxygen atoms in total. The van der Waals surface area contributed by atoms with Crippen molar-refractivity contribution in [3.63, 3.8) is 0 Å². The molecule has 0 aliphatic rings. The van der Waals surface area contributed by atoms with Crippen LogP contribution in [-0.4, -0.2) is 15.2 Å². The van der Waals surface area contributed by atoms with Crippen LogP contribution in [0.2, 0.25) is 0 Å². The number of hydrogen-bond acceptors (Lipinski definition) is 3. The molecule has 0 fully saturated rings. The summed E-state index contributed by atoms with van der Waals surface area (Å²) in [7, 11) is 0. The van der Waals surface area contributed by atoms with E-state index in [1.54, 1.807) is 18.3 Å². The van der Waals surface area contributed by atoms with E-state index in [1.807, 2.05) is 30.3 Å². The molecule has 4 heteroatoms. The Labute approximate surface area is 109 Å². The lowest BCUT2D eigenvalue weighted by molar-refractivity contribution is 0.628. The van der Waals surface area contributed by atoms with Gasteiger partial charge in [-0.15, -0.1) is 5.10 Å². The Morgan fingerprint density at radius 1 is 0.789 bits per heavy atom. The summed E-state index contributed by atoms with van der Waals surface area (Å²) < 4.78 is 12.9. The van der Waals surface area contributed by atoms with Gasteiger partial charge in [-0.2, -0.15) is 5.10 Å². The summed E-state index contributed by atoms with van der Waals surface area (Å²) in [6.07, 6.45) is 1.61. The lowest BCUT2D eigenvalue weighted by Gasteiger charge is -2.03. The van der Waals surface area contributed by atoms with Crippen molar-refractivity contribution >= 4 is 0 Å². The predicted octanol–water partition coefficient (Wildman–Crippen LogP) is 3.34. The number of benzene rings is 2. The Hall–Kier alpha value is -2.62. The van der Waals surface area contributed by atoms with Crippen molar-refractivity contribution in [1.29, 1.82) is 0 Å². The Bertz CT molecular complexity index is 681. The smallest absolute Gasteiger partial charge is 0.182 e. The van der Waals surface area contributed by atoms with Gasteiger partial charge >= 0.3 is 0 Å². The second-order valence-electron chi connectivity index (χ2n) is 4.04. The van der Waals surface area contributed by atoms with Crippen LogP contribution in [0.4, 0.5) is 4.39 Å². The van der Waals surface area contributed by atoms with Gasteiger partial charge < -0.3 is 0 Å². The molecule has 1 heterocycles. The molecule has 0 bridgehead atoms. The van der Waals surface area contributed by atoms with Gasteiger partial charge in [0.05, 0.1) is 11.9 Å². The first-order chi connectivity index (χ1) is 9.33. The summed E-state index contributed by atoms with van der Waals surface area (Å²) in [5.41, 5.74) is 2.46. The summed E-state index contributed by atoms with van der Waals surface area (Å²) in [5, 5.41) is 7.93. The number of halogens is 1. The average Bonchev–Trinajstić information content (AvgIpc) is 2.49. The maximum atomic E-state index is 12.9. The maximum absolute atomic E-state index is 12.9. The van der Waals surface area contributed by atoms with Crippen LogP contribution in [-0.2, 0) is 0 Å². The van der Waals surface area contributed by atoms with E-state index >= 15 is 0 Å². The number of aromatic nitrogens is 3. The molecular formula is C15H10FN3. The van der Waals surface area contributed by atoms with E-state index in [2.05, 4.69) is 15.2 Å². The van der Waals surface area contributed by atoms with Crippen LogP contribution in [0.25, 0.3) is 22.6 Å². The highest BCUT2D eigenvalue weighted by atomic mass is 19.1. The van der Waals surface area contributed by atoms with E-state index in [0.717, 1.165) is 16.8 Å². The molecular weight excluding hydrogens is 241 g/mol. The molecule has 3 aromatic rings. The van der Waals surface area contributed by atoms with Crippen molar-refractivity contribution in [2.45, 2.75) is 0 Å². The molecule has 3 rings (SSSR count). The molecule has 0 aliphatic heterocycles. The standard InChI is InChI=1S/C15H10FN3/c16-13-8-6-12(7-9-13)15-18-14(10-17-19-15)11-4-2-1-3-5-11/h1-10H. The quantitative estimate of drug-likeness (QED) is 0.701. The van der Waals surface area contributed by atoms with Crippen LogP contribution in [0.1, 0.15) is 0 Å². The Kier molecular flexibility index (Phi) is 2.98. The molecule has 0 saturated heterocycles. The first-order valence-electron chi connectivity index (χ1n) is 5.84. The number of rotatable bonds is 2. The van der Waals surface area contributed by atoms with Gasteiger partial charge in [-0.3, -0.25) is 0 Å². The van der Waals surface area contributed by atoms with Gasteiger partial charge in [-0.25, -0.2) is 9.37 Å². The maximum Gasteiger partial charge on any atom is 0.182 e. The van der Waals surface area contributed by atoms with Crippen LogP contribution in [0.5, 0.6) is 0 Å². The molecule has 0 saturated carbocycles. The van der Waals surface area contributed by atoms with Crippen LogP contribution in [0.15, 0.2) is 60.8 Å². The SMILES string of the molecule is Fc1ccc(-c2nncc(-c3ccccc3)n2)cc1. The van der Waals surface area contributed by atoms with Crippen LogP contribution in [0.3, 0.4) is 0 Å². The summed E-state index contributed by atoms with van der Waals surface area (Å²) in [6.45, 7) is 0. The Balaban J connectivity index is 2.03. The van der Waals surface area contributed by atoms with Gasteiger partial charge in [0, 0.05) is 11.1 Å². The van der Waals surface area contributed by atoms with Gasteiger partial charge in [0.1, 0.15) is 5.82 Å². The summed E-state index contributed by atoms with van der Waals surface area (Å²) in [4.78, 5) is 4.45. The summed E-state index contributed by atoms with van der Waals surface area (Å²) >= 11 is 0. The molecule has 2 aromatic carbocycles. The third kappa shape index (κ3) is 2.47. The summed E-state index contributed by atoms with van der Waals surface area (Å²) in [5.74, 6) is 0.206. The van der Waals surface area contributed by atoms with E-state index in [9.17, 15) is 4.39 Å². The van der Waals surface area contributed by atoms with Gasteiger partial charge in [-0.05, 0) is 24.3 Å². The molecule has 0 atom stereocenters. The van der Waals surface area contributed by atoms with Crippen molar-refractivity contribution in [2.75, 3.05) is 0 Å². The fraction of sp³-hybridized carbons (Fsp3) is 0. The van der Waals surface area contributed by atoms with E-state index in [4.69, 9.17) is 0 Å². The Morgan fingerprint density at radius 2 is 1.53 bits per heavy atom. The fourth-order valence-corrected chi connectivity index (χ4v) is 1.77. The average molecular weight is 251 g/mol. The fourth-order valence-electron chi connectivity index (χ4n) is 1.77. The van der Waals surface area contributed by atoms with Crippen LogP contribution in [0, 0.1) is 5.82 Å². The third-order valence-corrected chi connectivity index (χ3v) is 2.73. The zero-order valence-corrected chi connectivity index (χ0v) is 9.99. The van der Waals surface area contributed by atoms with Gasteiger partial charge in [-0.1, -0.05) is 30.3 Å². The third-order valence-electron chi connectivity index (χ3n) is 2.73. The molecule has 0 unspecified atom stereocenters. The molecule has 0 amide bonds. The zero-order chi connectivity index (χ0) is 13.1. The minimum Gasteiger partial charge on any atom is -0.225 e. The first kappa shape index (κ1) is 11.5. The van der Waals surface area contributed by atoms with Gasteiger partial charge in [0.2, 0.25) is 0 Å². The highest BCUT2D eigenvalue weighted by Gasteiger charge is 2.05. The highest BCUT2D eigenvalue weighted by molar-refractivity contribution is 5.62. The topological polar surface area (TPSA) is 38.7 Å². The van der Waals surface area contributed by atoms with Crippen molar-refractivity contribution in [1.82, 2.24) is 15.2 Å². The molecule has 0 N–H and O–H groups in total. The van der Waals surface area contributed by atoms with E-state index < -0.39 is 0 Å². The van der Waals surface area contributed by atoms with Gasteiger partial charge in [0.15, 0.2) is 5.82 Å². The van der Waals surface area contributed by atoms with Crippen molar-refractivity contribution in [2.24, 2.45) is 0 Å². The summed E-state index contributed by atoms with van der Waals surface area (Å²) in [6, 6.07) is 15.8. The monoisotopic (exact) mass is 251 g/mol. The molecule has 0 radical (unpaired) electrons. The molecule has 0 aliphatic carbocycles. The zero-order valence-electron chi connectivity index (χ0n) is 9.99. The second kappa shape index (κ2) is 4.94. The molecule has 92 valence electrons. The van der Waals surface area contributed by atoms with Crippen LogP contribution >= 0.6 is 0 Å². The molecule has 19 heavy (non-hydrogen) atoms. The van der Waals surface area contributed by atoms with Crippen molar-refractivity contribution in [3.05, 3.63) is 66.6 Å². The second-order valence-corrected chi connectivity index (χ2v) is 4.04. The normalized spacial score (nSPS) is 10.4. The lowest BCUT2D eigenvalue weighted by atomic mass is 10.1. The highest BCUT2D eigenvalue weighted by Crippen LogP contribution is 2.19. The number of nitrogens with zero attached hydrogens (tertiary/aromatic N) is 3. The first-order valence-corrected chi connectivity index (χ1v) is 5.84. The van der Waals surface area contributed by atoms with E-state index in [0.29, 0.717) is 5.82 Å². The van der Waals surface area contributed by atoms with E-state index in [-0.39, 0.29) is 5.82 Å². The van der Waals surface area contributed by atoms with Crippen molar-refractivity contribution < 1.29 is 4.39 Å². The molecule has 0 spiro atoms.